The van der Waals surface area contributed by atoms with Crippen LogP contribution in [0.2, 0.25) is 5.02 Å². The van der Waals surface area contributed by atoms with Crippen molar-refractivity contribution in [2.45, 2.75) is 0 Å². The van der Waals surface area contributed by atoms with Crippen molar-refractivity contribution in [3.63, 3.8) is 0 Å². The lowest BCUT2D eigenvalue weighted by Crippen LogP contribution is -2.19. The van der Waals surface area contributed by atoms with E-state index in [0.717, 1.165) is 6.07 Å². The lowest BCUT2D eigenvalue weighted by molar-refractivity contribution is -0.131. The zero-order valence-corrected chi connectivity index (χ0v) is 9.08. The maximum atomic E-state index is 13.6. The second-order valence-electron chi connectivity index (χ2n) is 3.21. The third-order valence-electron chi connectivity index (χ3n) is 2.15. The predicted octanol–water partition coefficient (Wildman–Crippen LogP) is 1.52. The van der Waals surface area contributed by atoms with Gasteiger partial charge in [0.1, 0.15) is 18.2 Å². The van der Waals surface area contributed by atoms with Gasteiger partial charge in [-0.15, -0.1) is 0 Å². The van der Waals surface area contributed by atoms with Crippen LogP contribution < -0.4 is 9.47 Å². The first-order valence-corrected chi connectivity index (χ1v) is 4.95. The van der Waals surface area contributed by atoms with Gasteiger partial charge in [0.2, 0.25) is 0 Å². The van der Waals surface area contributed by atoms with Gasteiger partial charge in [0.05, 0.1) is 5.56 Å². The summed E-state index contributed by atoms with van der Waals surface area (Å²) >= 11 is 5.64. The molecule has 2 rings (SSSR count). The SMILES string of the molecule is O=C(O)C(=O)c1cc2c(c(Cl)c1F)OCCO2. The highest BCUT2D eigenvalue weighted by Gasteiger charge is 2.27. The molecule has 1 aromatic rings. The Morgan fingerprint density at radius 3 is 2.65 bits per heavy atom. The Bertz CT molecular complexity index is 514. The molecule has 90 valence electrons. The van der Waals surface area contributed by atoms with E-state index in [1.165, 1.54) is 0 Å². The van der Waals surface area contributed by atoms with Gasteiger partial charge in [-0.25, -0.2) is 9.18 Å². The smallest absolute Gasteiger partial charge is 0.377 e. The number of carboxylic acids is 1. The van der Waals surface area contributed by atoms with Crippen LogP contribution in [-0.4, -0.2) is 30.1 Å². The number of hydrogen-bond donors (Lipinski definition) is 1. The van der Waals surface area contributed by atoms with E-state index in [4.69, 9.17) is 26.2 Å². The molecule has 0 aromatic heterocycles. The lowest BCUT2D eigenvalue weighted by Gasteiger charge is -2.20. The average Bonchev–Trinajstić information content (AvgIpc) is 2.33. The highest BCUT2D eigenvalue weighted by atomic mass is 35.5. The third kappa shape index (κ3) is 1.91. The van der Waals surface area contributed by atoms with E-state index in [1.807, 2.05) is 0 Å². The van der Waals surface area contributed by atoms with Crippen LogP contribution in [0.4, 0.5) is 4.39 Å². The highest BCUT2D eigenvalue weighted by molar-refractivity contribution is 6.41. The van der Waals surface area contributed by atoms with Crippen LogP contribution in [0, 0.1) is 5.82 Å². The lowest BCUT2D eigenvalue weighted by atomic mass is 10.1. The summed E-state index contributed by atoms with van der Waals surface area (Å²) in [6.45, 7) is 0.425. The number of fused-ring (bicyclic) bond motifs is 1. The fraction of sp³-hybridized carbons (Fsp3) is 0.200. The largest absolute Gasteiger partial charge is 0.486 e. The summed E-state index contributed by atoms with van der Waals surface area (Å²) in [4.78, 5) is 21.7. The monoisotopic (exact) mass is 260 g/mol. The van der Waals surface area contributed by atoms with Crippen LogP contribution in [0.5, 0.6) is 11.5 Å². The molecular formula is C10H6ClFO5. The molecule has 1 N–H and O–H groups in total. The highest BCUT2D eigenvalue weighted by Crippen LogP contribution is 2.40. The van der Waals surface area contributed by atoms with Crippen molar-refractivity contribution in [1.82, 2.24) is 0 Å². The number of rotatable bonds is 2. The number of ketones is 1. The minimum Gasteiger partial charge on any atom is -0.486 e. The van der Waals surface area contributed by atoms with Crippen LogP contribution in [0.3, 0.4) is 0 Å². The Labute approximate surface area is 99.7 Å². The van der Waals surface area contributed by atoms with Gasteiger partial charge in [-0.05, 0) is 6.07 Å². The standard InChI is InChI=1S/C10H6ClFO5/c11-6-7(12)4(8(13)10(14)15)3-5-9(6)17-2-1-16-5/h3H,1-2H2,(H,14,15). The summed E-state index contributed by atoms with van der Waals surface area (Å²) in [5, 5.41) is 8.07. The van der Waals surface area contributed by atoms with Gasteiger partial charge in [-0.1, -0.05) is 11.6 Å². The van der Waals surface area contributed by atoms with Crippen LogP contribution in [0.15, 0.2) is 6.07 Å². The molecule has 0 fully saturated rings. The Kier molecular flexibility index (Phi) is 2.89. The van der Waals surface area contributed by atoms with Crippen LogP contribution in [0.25, 0.3) is 0 Å². The van der Waals surface area contributed by atoms with E-state index in [1.54, 1.807) is 0 Å². The Morgan fingerprint density at radius 1 is 1.35 bits per heavy atom. The van der Waals surface area contributed by atoms with E-state index in [-0.39, 0.29) is 24.7 Å². The zero-order valence-electron chi connectivity index (χ0n) is 8.33. The van der Waals surface area contributed by atoms with Gasteiger partial charge in [0.25, 0.3) is 5.78 Å². The first-order valence-electron chi connectivity index (χ1n) is 4.57. The molecule has 0 amide bonds. The number of aliphatic carboxylic acids is 1. The molecule has 17 heavy (non-hydrogen) atoms. The quantitative estimate of drug-likeness (QED) is 0.645. The van der Waals surface area contributed by atoms with E-state index in [2.05, 4.69) is 0 Å². The van der Waals surface area contributed by atoms with Gasteiger partial charge < -0.3 is 14.6 Å². The summed E-state index contributed by atoms with van der Waals surface area (Å²) in [5.41, 5.74) is -0.647. The zero-order chi connectivity index (χ0) is 12.6. The number of hydrogen-bond acceptors (Lipinski definition) is 4. The fourth-order valence-corrected chi connectivity index (χ4v) is 1.65. The maximum Gasteiger partial charge on any atom is 0.377 e. The molecule has 0 saturated heterocycles. The van der Waals surface area contributed by atoms with E-state index >= 15 is 0 Å². The number of benzene rings is 1. The number of carboxylic acid groups (broad SMARTS) is 1. The fourth-order valence-electron chi connectivity index (χ4n) is 1.40. The molecule has 0 aliphatic carbocycles. The van der Waals surface area contributed by atoms with Crippen LogP contribution in [0.1, 0.15) is 10.4 Å². The number of carbonyl (C=O) groups excluding carboxylic acids is 1. The van der Waals surface area contributed by atoms with Gasteiger partial charge >= 0.3 is 5.97 Å². The van der Waals surface area contributed by atoms with Crippen molar-refractivity contribution in [2.75, 3.05) is 13.2 Å². The minimum atomic E-state index is -1.77. The van der Waals surface area contributed by atoms with E-state index in [0.29, 0.717) is 0 Å². The first-order chi connectivity index (χ1) is 8.02. The summed E-state index contributed by atoms with van der Waals surface area (Å²) in [5.74, 6) is -4.23. The molecule has 5 nitrogen and oxygen atoms in total. The predicted molar refractivity (Wildman–Crippen MR) is 54.4 cm³/mol. The molecule has 0 atom stereocenters. The van der Waals surface area contributed by atoms with Crippen molar-refractivity contribution in [2.24, 2.45) is 0 Å². The van der Waals surface area contributed by atoms with Gasteiger partial charge in [-0.2, -0.15) is 0 Å². The molecule has 0 bridgehead atoms. The molecule has 1 aromatic carbocycles. The molecule has 0 radical (unpaired) electrons. The van der Waals surface area contributed by atoms with E-state index in [9.17, 15) is 14.0 Å². The normalized spacial score (nSPS) is 13.3. The molecule has 1 aliphatic rings. The summed E-state index contributed by atoms with van der Waals surface area (Å²) in [6, 6.07) is 0.978. The van der Waals surface area contributed by atoms with Crippen molar-refractivity contribution < 1.29 is 28.6 Å². The second kappa shape index (κ2) is 4.21. The van der Waals surface area contributed by atoms with Crippen LogP contribution >= 0.6 is 11.6 Å². The maximum absolute atomic E-state index is 13.6. The Morgan fingerprint density at radius 2 is 2.00 bits per heavy atom. The number of halogens is 2. The van der Waals surface area contributed by atoms with Gasteiger partial charge in [0.15, 0.2) is 17.3 Å². The molecular weight excluding hydrogens is 255 g/mol. The number of Topliss-reactive ketones (excluding diaryl/α,β-unsaturated/α-hetero) is 1. The van der Waals surface area contributed by atoms with Crippen molar-refractivity contribution >= 4 is 23.4 Å². The minimum absolute atomic E-state index is 0.0163. The second-order valence-corrected chi connectivity index (χ2v) is 3.59. The number of ether oxygens (including phenoxy) is 2. The topological polar surface area (TPSA) is 72.8 Å². The van der Waals surface area contributed by atoms with Crippen molar-refractivity contribution in [1.29, 1.82) is 0 Å². The molecule has 0 spiro atoms. The van der Waals surface area contributed by atoms with E-state index < -0.39 is 28.2 Å². The number of carbonyl (C=O) groups is 2. The van der Waals surface area contributed by atoms with Crippen molar-refractivity contribution in [3.05, 3.63) is 22.5 Å². The van der Waals surface area contributed by atoms with Crippen LogP contribution in [-0.2, 0) is 4.79 Å². The summed E-state index contributed by atoms with van der Waals surface area (Å²) in [7, 11) is 0. The summed E-state index contributed by atoms with van der Waals surface area (Å²) < 4.78 is 23.8. The molecule has 1 heterocycles. The molecule has 0 unspecified atom stereocenters. The van der Waals surface area contributed by atoms with Gasteiger partial charge in [-0.3, -0.25) is 4.79 Å². The Balaban J connectivity index is 2.59. The third-order valence-corrected chi connectivity index (χ3v) is 2.49. The molecule has 7 heteroatoms. The Hall–Kier alpha value is -1.82. The average molecular weight is 261 g/mol. The molecule has 0 saturated carbocycles. The summed E-state index contributed by atoms with van der Waals surface area (Å²) in [6.07, 6.45) is 0. The van der Waals surface area contributed by atoms with Crippen molar-refractivity contribution in [3.8, 4) is 11.5 Å². The van der Waals surface area contributed by atoms with Gasteiger partial charge in [0, 0.05) is 0 Å². The molecule has 1 aliphatic heterocycles. The first kappa shape index (κ1) is 11.7.